The minimum Gasteiger partial charge on any atom is -0.493 e. The molecule has 4 fully saturated rings. The number of nitriles is 1. The van der Waals surface area contributed by atoms with Crippen molar-refractivity contribution >= 4 is 36.1 Å². The molecular weight excluding hydrogens is 885 g/mol. The Balaban J connectivity index is 0.887. The zero-order valence-electron chi connectivity index (χ0n) is 43.9. The molecule has 1 saturated heterocycles. The highest BCUT2D eigenvalue weighted by molar-refractivity contribution is 6.62. The van der Waals surface area contributed by atoms with Crippen LogP contribution < -0.4 is 19.7 Å². The number of rotatable bonds is 13. The largest absolute Gasteiger partial charge is 0.494 e. The standard InChI is InChI=1S/C57H74BNO11/c1-50(2)22-24-57(25-23-56(11)45(39(57)32-50)40(60)30-44-54(9)31-37(33-59)47(61)51(3,4)43(54)20-21-55(44,56)10)49(63)67-27-15-14-26-66-48(62)36-28-41(64-12)46(42(29-36)65-13)68-34-35-16-18-38(19-17-35)58-69-52(5,6)53(7,8)70-58/h16-19,28-31,39,43,45H,14-15,20-27,32,34H2,1-13H3/t39-,43-,45-,54-,55+,56+,57-/m0/s1. The molecule has 13 heteroatoms. The fraction of sp³-hybridized carbons (Fsp3) is 0.632. The normalized spacial score (nSPS) is 32.1. The molecule has 2 aromatic carbocycles. The number of Topliss-reactive ketones (excluding diaryl/α,β-unsaturated/α-hetero) is 1. The smallest absolute Gasteiger partial charge is 0.493 e. The quantitative estimate of drug-likeness (QED) is 0.107. The van der Waals surface area contributed by atoms with E-state index in [0.29, 0.717) is 49.4 Å². The molecule has 3 saturated carbocycles. The van der Waals surface area contributed by atoms with Crippen molar-refractivity contribution in [2.45, 2.75) is 152 Å². The number of carbonyl (C=O) groups excluding carboxylic acids is 4. The van der Waals surface area contributed by atoms with Crippen LogP contribution >= 0.6 is 0 Å². The topological polar surface area (TPSA) is 157 Å². The van der Waals surface area contributed by atoms with Crippen LogP contribution in [0.4, 0.5) is 0 Å². The third kappa shape index (κ3) is 8.30. The van der Waals surface area contributed by atoms with Crippen LogP contribution in [0, 0.1) is 61.6 Å². The highest BCUT2D eigenvalue weighted by Gasteiger charge is 2.71. The van der Waals surface area contributed by atoms with Crippen LogP contribution in [-0.4, -0.2) is 69.3 Å². The summed E-state index contributed by atoms with van der Waals surface area (Å²) < 4.78 is 41.7. The molecule has 8 rings (SSSR count). The second-order valence-electron chi connectivity index (χ2n) is 24.2. The summed E-state index contributed by atoms with van der Waals surface area (Å²) in [6.07, 6.45) is 9.92. The number of unbranched alkanes of at least 4 members (excludes halogenated alkanes) is 1. The minimum absolute atomic E-state index is 0.0396. The van der Waals surface area contributed by atoms with Gasteiger partial charge in [0.25, 0.3) is 0 Å². The molecule has 0 bridgehead atoms. The molecule has 7 atom stereocenters. The number of ketones is 2. The number of hydrogen-bond acceptors (Lipinski definition) is 12. The molecule has 5 aliphatic carbocycles. The molecule has 6 aliphatic rings. The number of benzene rings is 2. The SMILES string of the molecule is COc1cc(C(=O)OCCCCOC(=O)[C@]23CCC(C)(C)C[C@H]2[C@H]2C(=O)C=C4[C@@]5(C)C=C(C#N)C(=O)C(C)(C)[C@@H]5CC[C@@]4(C)[C@]2(C)CC3)cc(OC)c1OCc1ccc(B2OC(C)(C)C(C)(C)O2)cc1. The van der Waals surface area contributed by atoms with E-state index >= 15 is 0 Å². The van der Waals surface area contributed by atoms with E-state index in [-0.39, 0.29) is 77.1 Å². The van der Waals surface area contributed by atoms with E-state index in [9.17, 15) is 24.4 Å². The molecule has 0 aromatic heterocycles. The van der Waals surface area contributed by atoms with Gasteiger partial charge in [-0.3, -0.25) is 14.4 Å². The molecule has 12 nitrogen and oxygen atoms in total. The maximum atomic E-state index is 14.9. The lowest BCUT2D eigenvalue weighted by molar-refractivity contribution is -0.193. The summed E-state index contributed by atoms with van der Waals surface area (Å²) in [5, 5.41) is 10.1. The van der Waals surface area contributed by atoms with E-state index in [1.165, 1.54) is 14.2 Å². The van der Waals surface area contributed by atoms with Crippen molar-refractivity contribution in [3.63, 3.8) is 0 Å². The summed E-state index contributed by atoms with van der Waals surface area (Å²) in [6, 6.07) is 13.2. The molecule has 2 aromatic rings. The van der Waals surface area contributed by atoms with Crippen molar-refractivity contribution in [1.82, 2.24) is 0 Å². The Morgan fingerprint density at radius 1 is 0.800 bits per heavy atom. The van der Waals surface area contributed by atoms with Crippen molar-refractivity contribution < 1.29 is 52.2 Å². The Kier molecular flexibility index (Phi) is 13.2. The molecule has 1 heterocycles. The van der Waals surface area contributed by atoms with Crippen molar-refractivity contribution in [2.75, 3.05) is 27.4 Å². The predicted octanol–water partition coefficient (Wildman–Crippen LogP) is 10.3. The van der Waals surface area contributed by atoms with Gasteiger partial charge in [0.2, 0.25) is 5.75 Å². The third-order valence-corrected chi connectivity index (χ3v) is 18.9. The van der Waals surface area contributed by atoms with Gasteiger partial charge < -0.3 is 33.0 Å². The van der Waals surface area contributed by atoms with Crippen molar-refractivity contribution in [3.8, 4) is 23.3 Å². The Bertz CT molecular complexity index is 2510. The molecule has 0 radical (unpaired) electrons. The first-order valence-corrected chi connectivity index (χ1v) is 25.4. The van der Waals surface area contributed by atoms with E-state index in [4.69, 9.17) is 33.0 Å². The highest BCUT2D eigenvalue weighted by Crippen LogP contribution is 2.74. The van der Waals surface area contributed by atoms with Crippen LogP contribution in [0.3, 0.4) is 0 Å². The average Bonchev–Trinajstić information content (AvgIpc) is 3.53. The maximum Gasteiger partial charge on any atom is 0.494 e. The number of hydrogen-bond donors (Lipinski definition) is 0. The summed E-state index contributed by atoms with van der Waals surface area (Å²) in [6.45, 7) is 23.7. The summed E-state index contributed by atoms with van der Waals surface area (Å²) in [5.41, 5.74) is -0.635. The Morgan fingerprint density at radius 2 is 1.40 bits per heavy atom. The van der Waals surface area contributed by atoms with Gasteiger partial charge in [-0.15, -0.1) is 0 Å². The number of allylic oxidation sites excluding steroid dienone is 4. The second kappa shape index (κ2) is 18.0. The van der Waals surface area contributed by atoms with E-state index in [1.807, 2.05) is 78.0 Å². The lowest BCUT2D eigenvalue weighted by Gasteiger charge is -2.68. The Labute approximate surface area is 415 Å². The fourth-order valence-corrected chi connectivity index (χ4v) is 13.8. The molecule has 70 heavy (non-hydrogen) atoms. The van der Waals surface area contributed by atoms with Gasteiger partial charge >= 0.3 is 19.1 Å². The van der Waals surface area contributed by atoms with Crippen molar-refractivity contribution in [2.24, 2.45) is 50.2 Å². The number of nitrogens with zero attached hydrogens (tertiary/aromatic N) is 1. The molecule has 0 N–H and O–H groups in total. The summed E-state index contributed by atoms with van der Waals surface area (Å²) in [7, 11) is 2.53. The van der Waals surface area contributed by atoms with Gasteiger partial charge in [-0.25, -0.2) is 4.79 Å². The third-order valence-electron chi connectivity index (χ3n) is 18.9. The van der Waals surface area contributed by atoms with Gasteiger partial charge in [-0.1, -0.05) is 84.4 Å². The molecule has 0 spiro atoms. The molecule has 0 amide bonds. The van der Waals surface area contributed by atoms with Crippen LogP contribution in [-0.2, 0) is 39.8 Å². The van der Waals surface area contributed by atoms with Crippen molar-refractivity contribution in [3.05, 3.63) is 70.8 Å². The maximum absolute atomic E-state index is 14.9. The zero-order valence-corrected chi connectivity index (χ0v) is 43.9. The van der Waals surface area contributed by atoms with Crippen molar-refractivity contribution in [1.29, 1.82) is 5.26 Å². The monoisotopic (exact) mass is 960 g/mol. The first-order chi connectivity index (χ1) is 32.7. The van der Waals surface area contributed by atoms with Crippen LogP contribution in [0.25, 0.3) is 0 Å². The summed E-state index contributed by atoms with van der Waals surface area (Å²) >= 11 is 0. The highest BCUT2D eigenvalue weighted by atomic mass is 16.7. The second-order valence-corrected chi connectivity index (χ2v) is 24.2. The summed E-state index contributed by atoms with van der Waals surface area (Å²) in [5.74, 6) is -0.474. The number of ether oxygens (including phenoxy) is 5. The van der Waals surface area contributed by atoms with E-state index in [2.05, 4.69) is 40.7 Å². The number of esters is 2. The molecular formula is C57H74BNO11. The van der Waals surface area contributed by atoms with E-state index < -0.39 is 45.9 Å². The van der Waals surface area contributed by atoms with Crippen LogP contribution in [0.2, 0.25) is 0 Å². The molecule has 376 valence electrons. The lowest BCUT2D eigenvalue weighted by Crippen LogP contribution is -2.66. The van der Waals surface area contributed by atoms with Crippen LogP contribution in [0.5, 0.6) is 17.2 Å². The van der Waals surface area contributed by atoms with Gasteiger partial charge in [0, 0.05) is 16.7 Å². The predicted molar refractivity (Wildman–Crippen MR) is 265 cm³/mol. The number of fused-ring (bicyclic) bond motifs is 7. The number of methoxy groups -OCH3 is 2. The lowest BCUT2D eigenvalue weighted by atomic mass is 9.34. The Hall–Kier alpha value is -4.93. The molecule has 1 aliphatic heterocycles. The Morgan fingerprint density at radius 3 is 2.00 bits per heavy atom. The fourth-order valence-electron chi connectivity index (χ4n) is 13.8. The van der Waals surface area contributed by atoms with Gasteiger partial charge in [0.1, 0.15) is 12.7 Å². The van der Waals surface area contributed by atoms with E-state index in [0.717, 1.165) is 42.3 Å². The average molecular weight is 960 g/mol. The minimum atomic E-state index is -0.786. The molecule has 0 unspecified atom stereocenters. The van der Waals surface area contributed by atoms with Crippen LogP contribution in [0.1, 0.15) is 150 Å². The van der Waals surface area contributed by atoms with E-state index in [1.54, 1.807) is 12.1 Å². The zero-order chi connectivity index (χ0) is 51.0. The first kappa shape index (κ1) is 51.4. The van der Waals surface area contributed by atoms with Gasteiger partial charge in [0.05, 0.1) is 55.2 Å². The first-order valence-electron chi connectivity index (χ1n) is 25.4. The van der Waals surface area contributed by atoms with Gasteiger partial charge in [0.15, 0.2) is 23.1 Å². The van der Waals surface area contributed by atoms with Gasteiger partial charge in [-0.2, -0.15) is 5.26 Å². The summed E-state index contributed by atoms with van der Waals surface area (Å²) in [4.78, 5) is 56.3. The van der Waals surface area contributed by atoms with Crippen LogP contribution in [0.15, 0.2) is 59.7 Å². The van der Waals surface area contributed by atoms with Gasteiger partial charge in [-0.05, 0) is 143 Å². The number of carbonyl (C=O) groups is 4.